The van der Waals surface area contributed by atoms with E-state index in [9.17, 15) is 4.79 Å². The number of nitrogens with zero attached hydrogens (tertiary/aromatic N) is 4. The van der Waals surface area contributed by atoms with Gasteiger partial charge in [0.05, 0.1) is 17.4 Å². The van der Waals surface area contributed by atoms with Crippen molar-refractivity contribution in [1.82, 2.24) is 19.9 Å². The van der Waals surface area contributed by atoms with Crippen LogP contribution in [0.3, 0.4) is 0 Å². The first-order valence-corrected chi connectivity index (χ1v) is 17.1. The number of carbonyl (C=O) groups excluding carboxylic acids is 1. The second-order valence-electron chi connectivity index (χ2n) is 8.99. The standard InChI is InChI=1S/C8H6ClNS.C8H8N2S.C8H7NOS.C8H5NOS.6CH4.B.Na.H/c2*9-5-7-4-6-2-1-3-10-8(6)11-7;2*10-5-7-4-6-2-1-3-9-8(6)11-7;;;;;;;;;/h1-4H,5H2;1-4H,5,9H2;1-4,10H,5H2;1-5H;6*1H4;;;/q;;;;;;;;;;;+1;-1. The van der Waals surface area contributed by atoms with Gasteiger partial charge in [-0.05, 0) is 48.5 Å². The van der Waals surface area contributed by atoms with Crippen LogP contribution in [0.15, 0.2) is 97.6 Å². The van der Waals surface area contributed by atoms with Gasteiger partial charge < -0.3 is 12.3 Å². The molecule has 3 N–H and O–H groups in total. The number of fused-ring (bicyclic) bond motifs is 4. The van der Waals surface area contributed by atoms with Crippen molar-refractivity contribution in [3.8, 4) is 0 Å². The minimum Gasteiger partial charge on any atom is -1.00 e. The van der Waals surface area contributed by atoms with Gasteiger partial charge in [0, 0.05) is 75.9 Å². The van der Waals surface area contributed by atoms with E-state index in [-0.39, 0.29) is 90.6 Å². The van der Waals surface area contributed by atoms with Crippen LogP contribution in [-0.4, -0.2) is 39.7 Å². The molecule has 0 bridgehead atoms. The predicted molar refractivity (Wildman–Crippen MR) is 234 cm³/mol. The summed E-state index contributed by atoms with van der Waals surface area (Å²) in [6.45, 7) is 0.724. The number of alkyl halides is 1. The molecule has 0 unspecified atom stereocenters. The minimum absolute atomic E-state index is 0. The van der Waals surface area contributed by atoms with Gasteiger partial charge in [-0.25, -0.2) is 19.9 Å². The summed E-state index contributed by atoms with van der Waals surface area (Å²) in [6.07, 6.45) is 7.95. The van der Waals surface area contributed by atoms with E-state index in [1.165, 1.54) is 43.2 Å². The second kappa shape index (κ2) is 28.8. The van der Waals surface area contributed by atoms with Gasteiger partial charge >= 0.3 is 29.6 Å². The number of aliphatic hydroxyl groups is 1. The molecule has 8 rings (SSSR count). The van der Waals surface area contributed by atoms with E-state index >= 15 is 0 Å². The zero-order valence-corrected chi connectivity index (χ0v) is 30.8. The molecule has 0 aromatic carbocycles. The Balaban J connectivity index is -0.000000183. The number of thiophene rings is 4. The molecule has 0 amide bonds. The summed E-state index contributed by atoms with van der Waals surface area (Å²) in [7, 11) is 0. The van der Waals surface area contributed by atoms with E-state index in [0.717, 1.165) is 46.1 Å². The molecular weight excluding hydrogens is 756 g/mol. The summed E-state index contributed by atoms with van der Waals surface area (Å²) in [5, 5.41) is 13.4. The van der Waals surface area contributed by atoms with E-state index in [4.69, 9.17) is 22.4 Å². The number of aldehydes is 1. The molecule has 0 spiro atoms. The molecule has 0 saturated carbocycles. The zero-order chi connectivity index (χ0) is 30.7. The van der Waals surface area contributed by atoms with Gasteiger partial charge in [0.2, 0.25) is 0 Å². The molecule has 14 heteroatoms. The van der Waals surface area contributed by atoms with Crippen LogP contribution >= 0.6 is 56.9 Å². The van der Waals surface area contributed by atoms with Gasteiger partial charge in [0.25, 0.3) is 0 Å². The van der Waals surface area contributed by atoms with Crippen molar-refractivity contribution in [2.45, 2.75) is 63.6 Å². The van der Waals surface area contributed by atoms with Gasteiger partial charge in [-0.15, -0.1) is 56.9 Å². The van der Waals surface area contributed by atoms with Crippen molar-refractivity contribution in [1.29, 1.82) is 0 Å². The molecular formula is C38H51BClN5NaO2S4. The number of hydrogen-bond acceptors (Lipinski definition) is 11. The summed E-state index contributed by atoms with van der Waals surface area (Å²) >= 11 is 12.0. The number of aliphatic hydroxyl groups excluding tert-OH is 1. The van der Waals surface area contributed by atoms with Crippen LogP contribution in [0.4, 0.5) is 0 Å². The first-order valence-electron chi connectivity index (χ1n) is 13.3. The summed E-state index contributed by atoms with van der Waals surface area (Å²) in [4.78, 5) is 35.2. The number of aromatic nitrogens is 4. The number of hydrogen-bond donors (Lipinski definition) is 2. The molecule has 0 aliphatic carbocycles. The Morgan fingerprint density at radius 2 is 0.962 bits per heavy atom. The Hall–Kier alpha value is -2.62. The molecule has 0 fully saturated rings. The molecule has 0 atom stereocenters. The van der Waals surface area contributed by atoms with E-state index < -0.39 is 0 Å². The quantitative estimate of drug-likeness (QED) is 0.104. The minimum atomic E-state index is 0. The second-order valence-corrected chi connectivity index (χ2v) is 13.7. The maximum atomic E-state index is 10.4. The Bertz CT molecular complexity index is 1820. The first-order chi connectivity index (χ1) is 21.6. The van der Waals surface area contributed by atoms with E-state index in [0.29, 0.717) is 12.4 Å². The smallest absolute Gasteiger partial charge is 1.00 e. The fourth-order valence-corrected chi connectivity index (χ4v) is 7.61. The maximum absolute atomic E-state index is 10.4. The van der Waals surface area contributed by atoms with Crippen LogP contribution < -0.4 is 35.3 Å². The average molecular weight is 807 g/mol. The van der Waals surface area contributed by atoms with Gasteiger partial charge in [0.1, 0.15) is 19.3 Å². The Morgan fingerprint density at radius 1 is 0.615 bits per heavy atom. The molecule has 0 aliphatic heterocycles. The van der Waals surface area contributed by atoms with Crippen LogP contribution in [0.2, 0.25) is 0 Å². The van der Waals surface area contributed by atoms with Gasteiger partial charge in [0.15, 0.2) is 6.29 Å². The van der Waals surface area contributed by atoms with Gasteiger partial charge in [-0.1, -0.05) is 68.8 Å². The van der Waals surface area contributed by atoms with Crippen molar-refractivity contribution < 1.29 is 40.9 Å². The normalized spacial score (nSPS) is 8.90. The summed E-state index contributed by atoms with van der Waals surface area (Å²) in [6, 6.07) is 23.7. The van der Waals surface area contributed by atoms with Crippen molar-refractivity contribution in [2.75, 3.05) is 0 Å². The Labute approximate surface area is 356 Å². The van der Waals surface area contributed by atoms with E-state index in [1.54, 1.807) is 47.5 Å². The number of nitrogens with two attached hydrogens (primary N) is 1. The molecule has 0 aliphatic rings. The summed E-state index contributed by atoms with van der Waals surface area (Å²) in [5.74, 6) is 0.584. The number of rotatable bonds is 4. The third kappa shape index (κ3) is 15.4. The summed E-state index contributed by atoms with van der Waals surface area (Å²) < 4.78 is 0. The molecule has 8 aromatic rings. The van der Waals surface area contributed by atoms with E-state index in [1.807, 2.05) is 48.5 Å². The maximum Gasteiger partial charge on any atom is 1.00 e. The third-order valence-electron chi connectivity index (χ3n) is 5.95. The van der Waals surface area contributed by atoms with Crippen LogP contribution in [0.1, 0.15) is 70.3 Å². The molecule has 3 radical (unpaired) electrons. The SMILES string of the molecule is C.C.C.C.C.C.ClCc1cc2cccnc2s1.NCc1cc2cccnc2s1.O=Cc1cc2cccnc2s1.OCc1cc2cccnc2s1.[B].[H-].[Na+]. The average Bonchev–Trinajstić information content (AvgIpc) is 3.88. The fourth-order valence-electron chi connectivity index (χ4n) is 3.97. The zero-order valence-electron chi connectivity index (χ0n) is 25.7. The molecule has 52 heavy (non-hydrogen) atoms. The first kappa shape index (κ1) is 56.1. The Morgan fingerprint density at radius 3 is 1.31 bits per heavy atom. The van der Waals surface area contributed by atoms with Crippen molar-refractivity contribution in [2.24, 2.45) is 5.73 Å². The molecule has 8 aromatic heterocycles. The third-order valence-corrected chi connectivity index (χ3v) is 10.6. The molecule has 275 valence electrons. The Kier molecular flexibility index (Phi) is 31.1. The number of carbonyl (C=O) groups is 1. The number of halogens is 1. The van der Waals surface area contributed by atoms with E-state index in [2.05, 4.69) is 44.2 Å². The van der Waals surface area contributed by atoms with Gasteiger partial charge in [-0.3, -0.25) is 4.79 Å². The molecule has 0 saturated heterocycles. The van der Waals surface area contributed by atoms with Crippen molar-refractivity contribution >= 4 is 113 Å². The van der Waals surface area contributed by atoms with Gasteiger partial charge in [-0.2, -0.15) is 0 Å². The summed E-state index contributed by atoms with van der Waals surface area (Å²) in [5.41, 5.74) is 5.50. The monoisotopic (exact) mass is 806 g/mol. The van der Waals surface area contributed by atoms with Crippen LogP contribution in [0.5, 0.6) is 0 Å². The molecule has 8 heterocycles. The molecule has 7 nitrogen and oxygen atoms in total. The largest absolute Gasteiger partial charge is 1.00 e. The van der Waals surface area contributed by atoms with Crippen molar-refractivity contribution in [3.05, 3.63) is 117 Å². The topological polar surface area (TPSA) is 115 Å². The fraction of sp³-hybridized carbons (Fsp3) is 0.237. The van der Waals surface area contributed by atoms with Crippen LogP contribution in [0.25, 0.3) is 40.9 Å². The van der Waals surface area contributed by atoms with Crippen LogP contribution in [-0.2, 0) is 19.0 Å². The van der Waals surface area contributed by atoms with Crippen LogP contribution in [0, 0.1) is 0 Å². The predicted octanol–water partition coefficient (Wildman–Crippen LogP) is 9.24. The van der Waals surface area contributed by atoms with Crippen molar-refractivity contribution in [3.63, 3.8) is 0 Å². The number of pyridine rings is 4.